The molecule has 74 valence electrons. The minimum Gasteiger partial charge on any atom is -0.504 e. The normalized spacial score (nSPS) is 10.4. The number of benzene rings is 1. The van der Waals surface area contributed by atoms with Crippen molar-refractivity contribution in [2.24, 2.45) is 0 Å². The van der Waals surface area contributed by atoms with E-state index < -0.39 is 10.1 Å². The smallest absolute Gasteiger partial charge is 0.294 e. The van der Waals surface area contributed by atoms with Crippen molar-refractivity contribution in [3.63, 3.8) is 0 Å². The van der Waals surface area contributed by atoms with E-state index >= 15 is 0 Å². The first-order chi connectivity index (χ1) is 5.95. The van der Waals surface area contributed by atoms with Gasteiger partial charge >= 0.3 is 0 Å². The molecule has 0 aliphatic carbocycles. The average Bonchev–Trinajstić information content (AvgIpc) is 2.02. The maximum Gasteiger partial charge on any atom is 0.294 e. The molecule has 1 aromatic carbocycles. The molecular weight excluding hydrogens is 236 g/mol. The van der Waals surface area contributed by atoms with Gasteiger partial charge in [0.2, 0.25) is 0 Å². The minimum atomic E-state index is -4.27. The average molecular weight is 244 g/mol. The Morgan fingerprint density at radius 3 is 2.29 bits per heavy atom. The van der Waals surface area contributed by atoms with Crippen LogP contribution < -0.4 is 4.74 Å². The molecule has 14 heavy (non-hydrogen) atoms. The van der Waals surface area contributed by atoms with E-state index in [2.05, 4.69) is 4.74 Å². The number of phenols is 1. The molecule has 1 rings (SSSR count). The molecule has 0 fully saturated rings. The third kappa shape index (κ3) is 3.29. The van der Waals surface area contributed by atoms with Gasteiger partial charge in [0.05, 0.1) is 12.0 Å². The molecule has 2 N–H and O–H groups in total. The molecule has 0 aliphatic rings. The monoisotopic (exact) mass is 244 g/mol. The van der Waals surface area contributed by atoms with E-state index in [0.29, 0.717) is 0 Å². The molecule has 1 aromatic rings. The number of rotatable bonds is 2. The first-order valence-electron chi connectivity index (χ1n) is 3.29. The van der Waals surface area contributed by atoms with Crippen LogP contribution in [0.1, 0.15) is 0 Å². The molecule has 2 radical (unpaired) electrons. The van der Waals surface area contributed by atoms with Gasteiger partial charge in [-0.1, -0.05) is 0 Å². The van der Waals surface area contributed by atoms with Crippen LogP contribution in [-0.4, -0.2) is 62.9 Å². The van der Waals surface area contributed by atoms with Crippen molar-refractivity contribution in [1.82, 2.24) is 0 Å². The molecular formula is C7H8CaO5S. The van der Waals surface area contributed by atoms with Gasteiger partial charge in [-0.3, -0.25) is 4.55 Å². The Labute approximate surface area is 111 Å². The van der Waals surface area contributed by atoms with Gasteiger partial charge in [-0.05, 0) is 12.1 Å². The molecule has 0 aromatic heterocycles. The van der Waals surface area contributed by atoms with Gasteiger partial charge in [-0.15, -0.1) is 0 Å². The number of hydrogen-bond acceptors (Lipinski definition) is 4. The van der Waals surface area contributed by atoms with E-state index in [0.717, 1.165) is 12.1 Å². The molecule has 0 unspecified atom stereocenters. The number of methoxy groups -OCH3 is 1. The summed E-state index contributed by atoms with van der Waals surface area (Å²) in [4.78, 5) is -0.370. The number of phenolic OH excluding ortho intramolecular Hbond substituents is 1. The standard InChI is InChI=1S/C7H8O5S.Ca/c1-12-7-3-2-5(4-6(7)8)13(9,10)11;/h2-4,8H,1H3,(H,9,10,11);. The molecule has 0 aliphatic heterocycles. The Bertz CT molecular complexity index is 414. The second-order valence-electron chi connectivity index (χ2n) is 2.31. The van der Waals surface area contributed by atoms with Crippen LogP contribution in [0.15, 0.2) is 23.1 Å². The summed E-state index contributed by atoms with van der Waals surface area (Å²) in [7, 11) is -2.93. The zero-order valence-electron chi connectivity index (χ0n) is 7.47. The Morgan fingerprint density at radius 1 is 1.36 bits per heavy atom. The number of ether oxygens (including phenoxy) is 1. The predicted molar refractivity (Wildman–Crippen MR) is 50.2 cm³/mol. The van der Waals surface area contributed by atoms with E-state index in [9.17, 15) is 8.42 Å². The number of hydrogen-bond donors (Lipinski definition) is 2. The van der Waals surface area contributed by atoms with Crippen molar-refractivity contribution >= 4 is 47.9 Å². The quantitative estimate of drug-likeness (QED) is 0.576. The van der Waals surface area contributed by atoms with Crippen molar-refractivity contribution in [2.75, 3.05) is 7.11 Å². The fourth-order valence-electron chi connectivity index (χ4n) is 0.830. The molecule has 0 saturated carbocycles. The summed E-state index contributed by atoms with van der Waals surface area (Å²) in [5.74, 6) is -0.190. The summed E-state index contributed by atoms with van der Waals surface area (Å²) >= 11 is 0. The van der Waals surface area contributed by atoms with Gasteiger partial charge in [0, 0.05) is 43.8 Å². The van der Waals surface area contributed by atoms with E-state index in [1.54, 1.807) is 0 Å². The van der Waals surface area contributed by atoms with Crippen LogP contribution in [0.4, 0.5) is 0 Å². The van der Waals surface area contributed by atoms with E-state index in [-0.39, 0.29) is 54.1 Å². The van der Waals surface area contributed by atoms with E-state index in [4.69, 9.17) is 9.66 Å². The first-order valence-corrected chi connectivity index (χ1v) is 4.73. The molecule has 7 heteroatoms. The summed E-state index contributed by atoms with van der Waals surface area (Å²) in [6, 6.07) is 3.29. The van der Waals surface area contributed by atoms with Gasteiger partial charge in [-0.2, -0.15) is 8.42 Å². The third-order valence-corrected chi connectivity index (χ3v) is 2.30. The van der Waals surface area contributed by atoms with Crippen LogP contribution in [0.5, 0.6) is 11.5 Å². The zero-order valence-corrected chi connectivity index (χ0v) is 10.5. The summed E-state index contributed by atoms with van der Waals surface area (Å²) in [6.45, 7) is 0. The Balaban J connectivity index is 0.00000169. The maximum absolute atomic E-state index is 10.6. The summed E-state index contributed by atoms with van der Waals surface area (Å²) in [5.41, 5.74) is 0. The van der Waals surface area contributed by atoms with Crippen molar-refractivity contribution in [3.8, 4) is 11.5 Å². The van der Waals surface area contributed by atoms with Crippen LogP contribution in [0.25, 0.3) is 0 Å². The predicted octanol–water partition coefficient (Wildman–Crippen LogP) is 0.267. The van der Waals surface area contributed by atoms with Gasteiger partial charge in [0.1, 0.15) is 0 Å². The minimum absolute atomic E-state index is 0. The molecule has 0 saturated heterocycles. The molecule has 5 nitrogen and oxygen atoms in total. The van der Waals surface area contributed by atoms with Gasteiger partial charge in [-0.25, -0.2) is 0 Å². The maximum atomic E-state index is 10.6. The first kappa shape index (κ1) is 14.0. The second-order valence-corrected chi connectivity index (χ2v) is 3.73. The summed E-state index contributed by atoms with van der Waals surface area (Å²) < 4.78 is 34.5. The van der Waals surface area contributed by atoms with Crippen molar-refractivity contribution in [3.05, 3.63) is 18.2 Å². The topological polar surface area (TPSA) is 83.8 Å². The Kier molecular flexibility index (Phi) is 5.17. The van der Waals surface area contributed by atoms with Crippen LogP contribution in [0.3, 0.4) is 0 Å². The largest absolute Gasteiger partial charge is 0.504 e. The molecule has 0 bridgehead atoms. The van der Waals surface area contributed by atoms with E-state index in [1.807, 2.05) is 0 Å². The van der Waals surface area contributed by atoms with Gasteiger partial charge in [0.25, 0.3) is 10.1 Å². The van der Waals surface area contributed by atoms with Crippen molar-refractivity contribution in [2.45, 2.75) is 4.90 Å². The fraction of sp³-hybridized carbons (Fsp3) is 0.143. The summed E-state index contributed by atoms with van der Waals surface area (Å²) in [5, 5.41) is 9.15. The van der Waals surface area contributed by atoms with Gasteiger partial charge in [0.15, 0.2) is 11.5 Å². The Hall–Kier alpha value is -0.0103. The van der Waals surface area contributed by atoms with Crippen molar-refractivity contribution < 1.29 is 22.8 Å². The van der Waals surface area contributed by atoms with Crippen LogP contribution in [-0.2, 0) is 10.1 Å². The molecule has 0 atom stereocenters. The Morgan fingerprint density at radius 2 is 1.93 bits per heavy atom. The van der Waals surface area contributed by atoms with Crippen molar-refractivity contribution in [1.29, 1.82) is 0 Å². The summed E-state index contributed by atoms with van der Waals surface area (Å²) in [6.07, 6.45) is 0. The fourth-order valence-corrected chi connectivity index (χ4v) is 1.33. The third-order valence-electron chi connectivity index (χ3n) is 1.45. The van der Waals surface area contributed by atoms with Crippen LogP contribution in [0, 0.1) is 0 Å². The van der Waals surface area contributed by atoms with Crippen LogP contribution >= 0.6 is 0 Å². The molecule has 0 heterocycles. The number of aromatic hydroxyl groups is 1. The van der Waals surface area contributed by atoms with Gasteiger partial charge < -0.3 is 9.84 Å². The zero-order chi connectivity index (χ0) is 10.1. The second kappa shape index (κ2) is 5.18. The molecule has 0 amide bonds. The molecule has 0 spiro atoms. The SMILES string of the molecule is COc1ccc(S(=O)(=O)O)cc1O.[Ca]. The van der Waals surface area contributed by atoms with Crippen LogP contribution in [0.2, 0.25) is 0 Å². The van der Waals surface area contributed by atoms with E-state index in [1.165, 1.54) is 13.2 Å².